The Bertz CT molecular complexity index is 642. The van der Waals surface area contributed by atoms with Crippen LogP contribution in [0, 0.1) is 0 Å². The Balaban J connectivity index is 1.45. The van der Waals surface area contributed by atoms with Gasteiger partial charge in [-0.2, -0.15) is 0 Å². The van der Waals surface area contributed by atoms with Crippen LogP contribution in [-0.4, -0.2) is 72.3 Å². The molecule has 2 fully saturated rings. The average molecular weight is 355 g/mol. The summed E-state index contributed by atoms with van der Waals surface area (Å²) >= 11 is 0. The fraction of sp³-hybridized carbons (Fsp3) is 0.524. The summed E-state index contributed by atoms with van der Waals surface area (Å²) in [4.78, 5) is 31.2. The van der Waals surface area contributed by atoms with Gasteiger partial charge in [-0.05, 0) is 44.5 Å². The molecule has 0 aliphatic carbocycles. The Labute approximate surface area is 156 Å². The minimum atomic E-state index is 0.0676. The van der Waals surface area contributed by atoms with Crippen molar-refractivity contribution in [1.29, 1.82) is 0 Å². The lowest BCUT2D eigenvalue weighted by Gasteiger charge is -2.35. The van der Waals surface area contributed by atoms with Crippen molar-refractivity contribution in [2.75, 3.05) is 45.8 Å². The number of hydrogen-bond donors (Lipinski definition) is 0. The fourth-order valence-corrected chi connectivity index (χ4v) is 3.69. The molecule has 1 aromatic rings. The molecule has 26 heavy (non-hydrogen) atoms. The van der Waals surface area contributed by atoms with Crippen molar-refractivity contribution < 1.29 is 9.59 Å². The van der Waals surface area contributed by atoms with E-state index >= 15 is 0 Å². The van der Waals surface area contributed by atoms with E-state index in [0.29, 0.717) is 32.6 Å². The molecule has 140 valence electrons. The van der Waals surface area contributed by atoms with Gasteiger partial charge in [0, 0.05) is 44.7 Å². The second kappa shape index (κ2) is 8.99. The molecular formula is C21H29N3O2. The molecule has 0 unspecified atom stereocenters. The van der Waals surface area contributed by atoms with Gasteiger partial charge in [0.1, 0.15) is 0 Å². The van der Waals surface area contributed by atoms with Crippen molar-refractivity contribution in [1.82, 2.24) is 14.7 Å². The number of carbonyl (C=O) groups excluding carboxylic acids is 2. The first-order chi connectivity index (χ1) is 12.6. The highest BCUT2D eigenvalue weighted by molar-refractivity contribution is 5.97. The van der Waals surface area contributed by atoms with E-state index in [2.05, 4.69) is 4.90 Å². The smallest absolute Gasteiger partial charge is 0.249 e. The Hall–Kier alpha value is -2.14. The summed E-state index contributed by atoms with van der Waals surface area (Å²) in [6.45, 7) is 7.51. The van der Waals surface area contributed by atoms with Crippen LogP contribution in [0.5, 0.6) is 0 Å². The van der Waals surface area contributed by atoms with Gasteiger partial charge in [0.2, 0.25) is 11.8 Å². The third-order valence-corrected chi connectivity index (χ3v) is 5.28. The number of amides is 2. The molecule has 2 heterocycles. The zero-order valence-electron chi connectivity index (χ0n) is 15.7. The SMILES string of the molecule is C/C(=C\c1ccccc1)C(=O)N1CCN(C(=O)CCN2CCCC2)CC1. The fourth-order valence-electron chi connectivity index (χ4n) is 3.69. The van der Waals surface area contributed by atoms with Crippen LogP contribution < -0.4 is 0 Å². The maximum Gasteiger partial charge on any atom is 0.249 e. The van der Waals surface area contributed by atoms with Crippen LogP contribution >= 0.6 is 0 Å². The molecule has 3 rings (SSSR count). The van der Waals surface area contributed by atoms with E-state index < -0.39 is 0 Å². The van der Waals surface area contributed by atoms with Gasteiger partial charge in [-0.3, -0.25) is 9.59 Å². The summed E-state index contributed by atoms with van der Waals surface area (Å²) in [5.74, 6) is 0.290. The molecule has 0 atom stereocenters. The van der Waals surface area contributed by atoms with Crippen LogP contribution in [0.1, 0.15) is 31.7 Å². The lowest BCUT2D eigenvalue weighted by Crippen LogP contribution is -2.51. The molecule has 2 aliphatic heterocycles. The predicted octanol–water partition coefficient (Wildman–Crippen LogP) is 2.25. The number of rotatable bonds is 5. The maximum absolute atomic E-state index is 12.6. The highest BCUT2D eigenvalue weighted by Crippen LogP contribution is 2.13. The summed E-state index contributed by atoms with van der Waals surface area (Å²) in [6.07, 6.45) is 5.03. The Morgan fingerprint density at radius 3 is 2.19 bits per heavy atom. The van der Waals surface area contributed by atoms with Crippen LogP contribution in [0.4, 0.5) is 0 Å². The number of carbonyl (C=O) groups is 2. The van der Waals surface area contributed by atoms with Crippen LogP contribution in [0.15, 0.2) is 35.9 Å². The van der Waals surface area contributed by atoms with Gasteiger partial charge in [0.05, 0.1) is 0 Å². The molecule has 2 amide bonds. The summed E-state index contributed by atoms with van der Waals surface area (Å²) in [5, 5.41) is 0. The lowest BCUT2D eigenvalue weighted by atomic mass is 10.1. The zero-order chi connectivity index (χ0) is 18.4. The molecule has 5 heteroatoms. The summed E-state index contributed by atoms with van der Waals surface area (Å²) < 4.78 is 0. The molecule has 2 aliphatic rings. The Kier molecular flexibility index (Phi) is 6.45. The highest BCUT2D eigenvalue weighted by Gasteiger charge is 2.25. The number of hydrogen-bond acceptors (Lipinski definition) is 3. The van der Waals surface area contributed by atoms with Crippen molar-refractivity contribution in [3.63, 3.8) is 0 Å². The number of piperazine rings is 1. The summed E-state index contributed by atoms with van der Waals surface area (Å²) in [5.41, 5.74) is 1.78. The van der Waals surface area contributed by atoms with E-state index in [4.69, 9.17) is 0 Å². The molecule has 0 N–H and O–H groups in total. The zero-order valence-corrected chi connectivity index (χ0v) is 15.7. The standard InChI is InChI=1S/C21H29N3O2/c1-18(17-19-7-3-2-4-8-19)21(26)24-15-13-23(14-16-24)20(25)9-12-22-10-5-6-11-22/h2-4,7-8,17H,5-6,9-16H2,1H3/b18-17+. The minimum Gasteiger partial charge on any atom is -0.339 e. The van der Waals surface area contributed by atoms with E-state index in [0.717, 1.165) is 30.8 Å². The summed E-state index contributed by atoms with van der Waals surface area (Å²) in [7, 11) is 0. The van der Waals surface area contributed by atoms with Crippen molar-refractivity contribution in [3.8, 4) is 0 Å². The van der Waals surface area contributed by atoms with Crippen molar-refractivity contribution >= 4 is 17.9 Å². The predicted molar refractivity (Wildman–Crippen MR) is 104 cm³/mol. The van der Waals surface area contributed by atoms with Gasteiger partial charge in [0.25, 0.3) is 0 Å². The van der Waals surface area contributed by atoms with Gasteiger partial charge >= 0.3 is 0 Å². The molecule has 0 bridgehead atoms. The average Bonchev–Trinajstić information content (AvgIpc) is 3.20. The van der Waals surface area contributed by atoms with Crippen molar-refractivity contribution in [2.45, 2.75) is 26.2 Å². The Morgan fingerprint density at radius 1 is 0.923 bits per heavy atom. The van der Waals surface area contributed by atoms with Crippen LogP contribution in [0.2, 0.25) is 0 Å². The molecular weight excluding hydrogens is 326 g/mol. The van der Waals surface area contributed by atoms with Gasteiger partial charge in [-0.1, -0.05) is 30.3 Å². The molecule has 0 radical (unpaired) electrons. The van der Waals surface area contributed by atoms with Crippen molar-refractivity contribution in [3.05, 3.63) is 41.5 Å². The first-order valence-electron chi connectivity index (χ1n) is 9.66. The largest absolute Gasteiger partial charge is 0.339 e. The van der Waals surface area contributed by atoms with Gasteiger partial charge < -0.3 is 14.7 Å². The van der Waals surface area contributed by atoms with Crippen LogP contribution in [0.25, 0.3) is 6.08 Å². The molecule has 2 saturated heterocycles. The first-order valence-corrected chi connectivity index (χ1v) is 9.66. The lowest BCUT2D eigenvalue weighted by molar-refractivity contribution is -0.137. The van der Waals surface area contributed by atoms with Crippen LogP contribution in [-0.2, 0) is 9.59 Å². The number of nitrogens with zero attached hydrogens (tertiary/aromatic N) is 3. The quantitative estimate of drug-likeness (QED) is 0.761. The normalized spacial score (nSPS) is 19.0. The molecule has 0 spiro atoms. The van der Waals surface area contributed by atoms with E-state index in [-0.39, 0.29) is 11.8 Å². The topological polar surface area (TPSA) is 43.9 Å². The molecule has 0 aromatic heterocycles. The molecule has 1 aromatic carbocycles. The van der Waals surface area contributed by atoms with Gasteiger partial charge in [-0.15, -0.1) is 0 Å². The maximum atomic E-state index is 12.6. The highest BCUT2D eigenvalue weighted by atomic mass is 16.2. The van der Waals surface area contributed by atoms with Gasteiger partial charge in [0.15, 0.2) is 0 Å². The number of likely N-dealkylation sites (tertiary alicyclic amines) is 1. The van der Waals surface area contributed by atoms with E-state index in [1.807, 2.05) is 53.1 Å². The van der Waals surface area contributed by atoms with E-state index in [9.17, 15) is 9.59 Å². The third-order valence-electron chi connectivity index (χ3n) is 5.28. The molecule has 0 saturated carbocycles. The van der Waals surface area contributed by atoms with E-state index in [1.165, 1.54) is 12.8 Å². The van der Waals surface area contributed by atoms with Crippen molar-refractivity contribution in [2.24, 2.45) is 0 Å². The second-order valence-electron chi connectivity index (χ2n) is 7.21. The minimum absolute atomic E-state index is 0.0676. The second-order valence-corrected chi connectivity index (χ2v) is 7.21. The summed E-state index contributed by atoms with van der Waals surface area (Å²) in [6, 6.07) is 9.89. The third kappa shape index (κ3) is 4.94. The molecule has 5 nitrogen and oxygen atoms in total. The Morgan fingerprint density at radius 2 is 1.54 bits per heavy atom. The number of benzene rings is 1. The van der Waals surface area contributed by atoms with Crippen LogP contribution in [0.3, 0.4) is 0 Å². The van der Waals surface area contributed by atoms with Gasteiger partial charge in [-0.25, -0.2) is 0 Å². The first kappa shape index (κ1) is 18.6. The van der Waals surface area contributed by atoms with E-state index in [1.54, 1.807) is 0 Å². The monoisotopic (exact) mass is 355 g/mol.